The van der Waals surface area contributed by atoms with Crippen molar-refractivity contribution in [2.75, 3.05) is 13.2 Å². The Labute approximate surface area is 196 Å². The van der Waals surface area contributed by atoms with Gasteiger partial charge in [-0.1, -0.05) is 45.7 Å². The molecule has 0 atom stereocenters. The van der Waals surface area contributed by atoms with E-state index < -0.39 is 5.97 Å². The van der Waals surface area contributed by atoms with Gasteiger partial charge >= 0.3 is 5.97 Å². The maximum Gasteiger partial charge on any atom is 0.344 e. The highest BCUT2D eigenvalue weighted by Gasteiger charge is 2.14. The number of carbonyl (C=O) groups excluding carboxylic acids is 1. The maximum atomic E-state index is 13.2. The molecule has 3 aromatic rings. The minimum atomic E-state index is -0.462. The number of hydrogen-bond donors (Lipinski definition) is 0. The van der Waals surface area contributed by atoms with Crippen LogP contribution in [0.4, 0.5) is 0 Å². The van der Waals surface area contributed by atoms with Crippen molar-refractivity contribution in [3.8, 4) is 5.75 Å². The predicted molar refractivity (Wildman–Crippen MR) is 127 cm³/mol. The van der Waals surface area contributed by atoms with Gasteiger partial charge < -0.3 is 9.47 Å². The minimum Gasteiger partial charge on any atom is -0.481 e. The predicted octanol–water partition coefficient (Wildman–Crippen LogP) is 4.87. The number of esters is 1. The smallest absolute Gasteiger partial charge is 0.344 e. The molecule has 0 aliphatic carbocycles. The molecule has 1 aromatic heterocycles. The number of halogens is 2. The van der Waals surface area contributed by atoms with Crippen molar-refractivity contribution in [1.29, 1.82) is 0 Å². The average Bonchev–Trinajstić information content (AvgIpc) is 2.72. The summed E-state index contributed by atoms with van der Waals surface area (Å²) in [6.07, 6.45) is 1.52. The van der Waals surface area contributed by atoms with E-state index in [1.165, 1.54) is 10.9 Å². The van der Waals surface area contributed by atoms with Crippen LogP contribution in [-0.4, -0.2) is 35.1 Å². The van der Waals surface area contributed by atoms with Crippen molar-refractivity contribution in [2.45, 2.75) is 26.7 Å². The molecule has 7 nitrogen and oxygen atoms in total. The quantitative estimate of drug-likeness (QED) is 0.309. The zero-order valence-electron chi connectivity index (χ0n) is 17.3. The fourth-order valence-electron chi connectivity index (χ4n) is 2.86. The summed E-state index contributed by atoms with van der Waals surface area (Å²) in [6.45, 7) is 5.69. The summed E-state index contributed by atoms with van der Waals surface area (Å²) in [4.78, 5) is 29.4. The largest absolute Gasteiger partial charge is 0.481 e. The summed E-state index contributed by atoms with van der Waals surface area (Å²) in [6, 6.07) is 10.7. The lowest BCUT2D eigenvalue weighted by molar-refractivity contribution is -0.145. The molecule has 0 aliphatic rings. The van der Waals surface area contributed by atoms with Crippen LogP contribution in [0.15, 0.2) is 55.2 Å². The first-order chi connectivity index (χ1) is 14.8. The van der Waals surface area contributed by atoms with Gasteiger partial charge in [0.1, 0.15) is 11.6 Å². The Bertz CT molecular complexity index is 1210. The van der Waals surface area contributed by atoms with Gasteiger partial charge in [0.15, 0.2) is 6.61 Å². The van der Waals surface area contributed by atoms with Crippen LogP contribution in [0, 0.1) is 0 Å². The van der Waals surface area contributed by atoms with Crippen molar-refractivity contribution in [3.63, 3.8) is 0 Å². The SMILES string of the molecule is CCOC(=O)COc1ccc(Br)cc1C=Nn1c(C(C)C)nc2ccc(Br)cc2c1=O. The second kappa shape index (κ2) is 10.2. The number of benzene rings is 2. The molecule has 31 heavy (non-hydrogen) atoms. The molecule has 1 heterocycles. The molecule has 0 saturated heterocycles. The number of fused-ring (bicyclic) bond motifs is 1. The Morgan fingerprint density at radius 2 is 1.90 bits per heavy atom. The highest BCUT2D eigenvalue weighted by atomic mass is 79.9. The van der Waals surface area contributed by atoms with Gasteiger partial charge in [-0.15, -0.1) is 0 Å². The standard InChI is InChI=1S/C22H21Br2N3O4/c1-4-30-20(28)12-31-19-8-6-15(23)9-14(19)11-25-27-21(13(2)3)26-18-7-5-16(24)10-17(18)22(27)29/h5-11,13H,4,12H2,1-3H3. The number of carbonyl (C=O) groups is 1. The van der Waals surface area contributed by atoms with E-state index in [9.17, 15) is 9.59 Å². The van der Waals surface area contributed by atoms with Gasteiger partial charge in [-0.05, 0) is 43.3 Å². The topological polar surface area (TPSA) is 82.8 Å². The van der Waals surface area contributed by atoms with Crippen molar-refractivity contribution >= 4 is 54.9 Å². The Morgan fingerprint density at radius 3 is 2.61 bits per heavy atom. The zero-order valence-corrected chi connectivity index (χ0v) is 20.4. The van der Waals surface area contributed by atoms with E-state index in [1.54, 1.807) is 37.3 Å². The molecule has 3 rings (SSSR count). The second-order valence-corrected chi connectivity index (χ2v) is 8.75. The van der Waals surface area contributed by atoms with Gasteiger partial charge in [0.05, 0.1) is 23.7 Å². The Kier molecular flexibility index (Phi) is 7.61. The third-order valence-electron chi connectivity index (χ3n) is 4.28. The van der Waals surface area contributed by atoms with E-state index in [2.05, 4.69) is 41.9 Å². The number of hydrogen-bond acceptors (Lipinski definition) is 6. The minimum absolute atomic E-state index is 0.0278. The van der Waals surface area contributed by atoms with E-state index in [0.717, 1.165) is 8.95 Å². The molecule has 9 heteroatoms. The molecule has 162 valence electrons. The van der Waals surface area contributed by atoms with E-state index in [4.69, 9.17) is 9.47 Å². The van der Waals surface area contributed by atoms with Gasteiger partial charge in [-0.3, -0.25) is 4.79 Å². The van der Waals surface area contributed by atoms with E-state index in [-0.39, 0.29) is 24.7 Å². The first kappa shape index (κ1) is 23.1. The maximum absolute atomic E-state index is 13.2. The Hall–Kier alpha value is -2.52. The molecular weight excluding hydrogens is 530 g/mol. The number of ether oxygens (including phenoxy) is 2. The third-order valence-corrected chi connectivity index (χ3v) is 5.27. The van der Waals surface area contributed by atoms with Crippen LogP contribution in [0.1, 0.15) is 38.1 Å². The van der Waals surface area contributed by atoms with Gasteiger partial charge in [0, 0.05) is 20.4 Å². The first-order valence-corrected chi connectivity index (χ1v) is 11.2. The Morgan fingerprint density at radius 1 is 1.19 bits per heavy atom. The molecule has 0 aliphatic heterocycles. The van der Waals surface area contributed by atoms with Crippen molar-refractivity contribution < 1.29 is 14.3 Å². The number of aromatic nitrogens is 2. The molecule has 0 spiro atoms. The highest BCUT2D eigenvalue weighted by molar-refractivity contribution is 9.10. The van der Waals surface area contributed by atoms with Crippen LogP contribution in [0.25, 0.3) is 10.9 Å². The monoisotopic (exact) mass is 549 g/mol. The molecule has 0 fully saturated rings. The fraction of sp³-hybridized carbons (Fsp3) is 0.273. The van der Waals surface area contributed by atoms with Gasteiger partial charge in [0.25, 0.3) is 5.56 Å². The van der Waals surface area contributed by atoms with Crippen LogP contribution < -0.4 is 10.3 Å². The summed E-state index contributed by atoms with van der Waals surface area (Å²) < 4.78 is 13.4. The summed E-state index contributed by atoms with van der Waals surface area (Å²) >= 11 is 6.82. The van der Waals surface area contributed by atoms with Crippen molar-refractivity contribution in [3.05, 3.63) is 67.1 Å². The number of nitrogens with zero attached hydrogens (tertiary/aromatic N) is 3. The van der Waals surface area contributed by atoms with Crippen molar-refractivity contribution in [2.24, 2.45) is 5.10 Å². The van der Waals surface area contributed by atoms with E-state index in [0.29, 0.717) is 28.0 Å². The highest BCUT2D eigenvalue weighted by Crippen LogP contribution is 2.23. The fourth-order valence-corrected chi connectivity index (χ4v) is 3.60. The first-order valence-electron chi connectivity index (χ1n) is 9.64. The average molecular weight is 551 g/mol. The summed E-state index contributed by atoms with van der Waals surface area (Å²) in [5, 5.41) is 4.89. The van der Waals surface area contributed by atoms with Gasteiger partial charge in [-0.2, -0.15) is 9.78 Å². The lowest BCUT2D eigenvalue weighted by Crippen LogP contribution is -2.23. The molecule has 0 amide bonds. The molecular formula is C22H21Br2N3O4. The second-order valence-electron chi connectivity index (χ2n) is 6.92. The van der Waals surface area contributed by atoms with Crippen LogP contribution in [0.2, 0.25) is 0 Å². The normalized spacial score (nSPS) is 11.4. The zero-order chi connectivity index (χ0) is 22.5. The molecule has 2 aromatic carbocycles. The third kappa shape index (κ3) is 5.59. The summed E-state index contributed by atoms with van der Waals surface area (Å²) in [5.41, 5.74) is 0.939. The van der Waals surface area contributed by atoms with Gasteiger partial charge in [-0.25, -0.2) is 9.78 Å². The molecule has 0 bridgehead atoms. The molecule has 0 radical (unpaired) electrons. The summed E-state index contributed by atoms with van der Waals surface area (Å²) in [7, 11) is 0. The number of rotatable bonds is 7. The molecule has 0 unspecified atom stereocenters. The van der Waals surface area contributed by atoms with Crippen LogP contribution in [0.5, 0.6) is 5.75 Å². The Balaban J connectivity index is 2.04. The lowest BCUT2D eigenvalue weighted by Gasteiger charge is -2.12. The van der Waals surface area contributed by atoms with E-state index in [1.807, 2.05) is 19.9 Å². The molecule has 0 saturated carbocycles. The van der Waals surface area contributed by atoms with E-state index >= 15 is 0 Å². The van der Waals surface area contributed by atoms with Crippen LogP contribution in [-0.2, 0) is 9.53 Å². The lowest BCUT2D eigenvalue weighted by atomic mass is 10.2. The van der Waals surface area contributed by atoms with Crippen LogP contribution in [0.3, 0.4) is 0 Å². The van der Waals surface area contributed by atoms with Crippen molar-refractivity contribution in [1.82, 2.24) is 9.66 Å². The summed E-state index contributed by atoms with van der Waals surface area (Å²) in [5.74, 6) is 0.492. The van der Waals surface area contributed by atoms with Gasteiger partial charge in [0.2, 0.25) is 0 Å². The molecule has 0 N–H and O–H groups in total. The van der Waals surface area contributed by atoms with Crippen LogP contribution >= 0.6 is 31.9 Å².